The molecule has 27 heavy (non-hydrogen) atoms. The molecule has 0 radical (unpaired) electrons. The lowest BCUT2D eigenvalue weighted by Crippen LogP contribution is -2.26. The number of hydrogen-bond donors (Lipinski definition) is 1. The van der Waals surface area contributed by atoms with Crippen LogP contribution in [0.25, 0.3) is 11.6 Å². The van der Waals surface area contributed by atoms with Gasteiger partial charge in [-0.2, -0.15) is 4.98 Å². The van der Waals surface area contributed by atoms with E-state index in [1.807, 2.05) is 25.1 Å². The number of ether oxygens (including phenoxy) is 2. The first kappa shape index (κ1) is 18.5. The maximum atomic E-state index is 12.2. The summed E-state index contributed by atoms with van der Waals surface area (Å²) < 4.78 is 20.9. The van der Waals surface area contributed by atoms with Crippen LogP contribution in [0.3, 0.4) is 0 Å². The average Bonchev–Trinajstić information content (AvgIpc) is 3.37. The van der Waals surface area contributed by atoms with Crippen molar-refractivity contribution in [3.63, 3.8) is 0 Å². The third-order valence-electron chi connectivity index (χ3n) is 4.06. The molecule has 0 fully saturated rings. The van der Waals surface area contributed by atoms with Crippen molar-refractivity contribution >= 4 is 5.91 Å². The average molecular weight is 371 g/mol. The van der Waals surface area contributed by atoms with Gasteiger partial charge in [0.15, 0.2) is 17.3 Å². The van der Waals surface area contributed by atoms with Crippen LogP contribution in [-0.2, 0) is 11.2 Å². The van der Waals surface area contributed by atoms with Crippen LogP contribution in [0.4, 0.5) is 0 Å². The number of aromatic nitrogens is 2. The number of carbonyl (C=O) groups excluding carboxylic acids is 1. The molecule has 8 heteroatoms. The van der Waals surface area contributed by atoms with Crippen LogP contribution < -0.4 is 14.8 Å². The first-order valence-corrected chi connectivity index (χ1v) is 8.48. The van der Waals surface area contributed by atoms with E-state index in [-0.39, 0.29) is 18.4 Å². The standard InChI is InChI=1S/C19H21N3O5/c1-12(13-6-7-14(24-2)16(11-13)25-3)20-17(23)8-9-18-21-19(22-27-18)15-5-4-10-26-15/h4-7,10-12H,8-9H2,1-3H3,(H,20,23). The summed E-state index contributed by atoms with van der Waals surface area (Å²) in [4.78, 5) is 16.5. The van der Waals surface area contributed by atoms with Crippen LogP contribution in [0.5, 0.6) is 11.5 Å². The summed E-state index contributed by atoms with van der Waals surface area (Å²) in [6, 6.07) is 8.85. The zero-order valence-corrected chi connectivity index (χ0v) is 15.4. The Balaban J connectivity index is 1.54. The molecule has 3 rings (SSSR count). The summed E-state index contributed by atoms with van der Waals surface area (Å²) in [6.07, 6.45) is 2.12. The third kappa shape index (κ3) is 4.46. The van der Waals surface area contributed by atoms with Gasteiger partial charge in [-0.25, -0.2) is 0 Å². The molecule has 0 aliphatic carbocycles. The highest BCUT2D eigenvalue weighted by atomic mass is 16.5. The molecule has 0 aliphatic heterocycles. The molecule has 1 aromatic carbocycles. The fraction of sp³-hybridized carbons (Fsp3) is 0.316. The second-order valence-electron chi connectivity index (χ2n) is 5.89. The Morgan fingerprint density at radius 2 is 2.04 bits per heavy atom. The minimum absolute atomic E-state index is 0.116. The predicted molar refractivity (Wildman–Crippen MR) is 96.4 cm³/mol. The normalized spacial score (nSPS) is 11.8. The minimum Gasteiger partial charge on any atom is -0.493 e. The Hall–Kier alpha value is -3.29. The second kappa shape index (κ2) is 8.39. The van der Waals surface area contributed by atoms with Crippen molar-refractivity contribution in [1.29, 1.82) is 0 Å². The van der Waals surface area contributed by atoms with Crippen LogP contribution in [-0.4, -0.2) is 30.3 Å². The van der Waals surface area contributed by atoms with Gasteiger partial charge in [-0.3, -0.25) is 4.79 Å². The van der Waals surface area contributed by atoms with E-state index in [2.05, 4.69) is 15.5 Å². The van der Waals surface area contributed by atoms with Gasteiger partial charge in [-0.15, -0.1) is 0 Å². The molecule has 0 aliphatic rings. The molecule has 1 atom stereocenters. The molecule has 1 unspecified atom stereocenters. The molecule has 2 aromatic heterocycles. The summed E-state index contributed by atoms with van der Waals surface area (Å²) in [5.41, 5.74) is 0.916. The van der Waals surface area contributed by atoms with Gasteiger partial charge in [0, 0.05) is 12.8 Å². The van der Waals surface area contributed by atoms with Crippen molar-refractivity contribution in [1.82, 2.24) is 15.5 Å². The summed E-state index contributed by atoms with van der Waals surface area (Å²) >= 11 is 0. The highest BCUT2D eigenvalue weighted by molar-refractivity contribution is 5.76. The number of amides is 1. The van der Waals surface area contributed by atoms with Gasteiger partial charge in [0.25, 0.3) is 0 Å². The van der Waals surface area contributed by atoms with E-state index in [4.69, 9.17) is 18.4 Å². The Labute approximate surface area is 156 Å². The van der Waals surface area contributed by atoms with E-state index in [0.717, 1.165) is 5.56 Å². The summed E-state index contributed by atoms with van der Waals surface area (Å²) in [6.45, 7) is 1.90. The van der Waals surface area contributed by atoms with Crippen molar-refractivity contribution in [2.24, 2.45) is 0 Å². The van der Waals surface area contributed by atoms with E-state index in [9.17, 15) is 4.79 Å². The Morgan fingerprint density at radius 1 is 1.22 bits per heavy atom. The number of hydrogen-bond acceptors (Lipinski definition) is 7. The SMILES string of the molecule is COc1ccc(C(C)NC(=O)CCc2nc(-c3ccco3)no2)cc1OC. The van der Waals surface area contributed by atoms with Crippen LogP contribution in [0.15, 0.2) is 45.5 Å². The van der Waals surface area contributed by atoms with Gasteiger partial charge in [0.2, 0.25) is 17.6 Å². The quantitative estimate of drug-likeness (QED) is 0.649. The number of nitrogens with one attached hydrogen (secondary N) is 1. The molecular formula is C19H21N3O5. The van der Waals surface area contributed by atoms with Crippen LogP contribution >= 0.6 is 0 Å². The number of nitrogens with zero attached hydrogens (tertiary/aromatic N) is 2. The molecule has 1 amide bonds. The zero-order chi connectivity index (χ0) is 19.2. The van der Waals surface area contributed by atoms with E-state index in [1.54, 1.807) is 26.4 Å². The van der Waals surface area contributed by atoms with Gasteiger partial charge in [-0.05, 0) is 36.8 Å². The van der Waals surface area contributed by atoms with Crippen molar-refractivity contribution in [2.45, 2.75) is 25.8 Å². The fourth-order valence-corrected chi connectivity index (χ4v) is 2.60. The maximum Gasteiger partial charge on any atom is 0.238 e. The molecule has 0 saturated carbocycles. The minimum atomic E-state index is -0.182. The number of furan rings is 1. The molecule has 8 nitrogen and oxygen atoms in total. The summed E-state index contributed by atoms with van der Waals surface area (Å²) in [7, 11) is 3.16. The zero-order valence-electron chi connectivity index (χ0n) is 15.4. The maximum absolute atomic E-state index is 12.2. The lowest BCUT2D eigenvalue weighted by atomic mass is 10.1. The van der Waals surface area contributed by atoms with E-state index < -0.39 is 0 Å². The largest absolute Gasteiger partial charge is 0.493 e. The predicted octanol–water partition coefficient (Wildman–Crippen LogP) is 3.16. The lowest BCUT2D eigenvalue weighted by molar-refractivity contribution is -0.121. The summed E-state index contributed by atoms with van der Waals surface area (Å²) in [5.74, 6) is 2.42. The number of aryl methyl sites for hydroxylation is 1. The number of methoxy groups -OCH3 is 2. The Bertz CT molecular complexity index is 889. The molecule has 2 heterocycles. The molecule has 1 N–H and O–H groups in total. The summed E-state index contributed by atoms with van der Waals surface area (Å²) in [5, 5.41) is 6.79. The molecule has 0 saturated heterocycles. The molecule has 0 bridgehead atoms. The Kier molecular flexibility index (Phi) is 5.75. The van der Waals surface area contributed by atoms with E-state index in [1.165, 1.54) is 6.26 Å². The molecule has 142 valence electrons. The van der Waals surface area contributed by atoms with Crippen molar-refractivity contribution in [3.8, 4) is 23.1 Å². The number of carbonyl (C=O) groups is 1. The topological polar surface area (TPSA) is 99.6 Å². The van der Waals surface area contributed by atoms with Gasteiger partial charge in [0.05, 0.1) is 26.5 Å². The van der Waals surface area contributed by atoms with Gasteiger partial charge >= 0.3 is 0 Å². The van der Waals surface area contributed by atoms with E-state index in [0.29, 0.717) is 35.4 Å². The number of rotatable bonds is 8. The first-order chi connectivity index (χ1) is 13.1. The lowest BCUT2D eigenvalue weighted by Gasteiger charge is -2.16. The first-order valence-electron chi connectivity index (χ1n) is 8.48. The molecule has 3 aromatic rings. The van der Waals surface area contributed by atoms with Gasteiger partial charge in [0.1, 0.15) is 0 Å². The fourth-order valence-electron chi connectivity index (χ4n) is 2.60. The molecule has 0 spiro atoms. The molecular weight excluding hydrogens is 350 g/mol. The van der Waals surface area contributed by atoms with Gasteiger partial charge < -0.3 is 23.7 Å². The van der Waals surface area contributed by atoms with Crippen LogP contribution in [0.2, 0.25) is 0 Å². The van der Waals surface area contributed by atoms with Crippen LogP contribution in [0, 0.1) is 0 Å². The van der Waals surface area contributed by atoms with E-state index >= 15 is 0 Å². The van der Waals surface area contributed by atoms with Crippen molar-refractivity contribution in [2.75, 3.05) is 14.2 Å². The Morgan fingerprint density at radius 3 is 2.74 bits per heavy atom. The third-order valence-corrected chi connectivity index (χ3v) is 4.06. The van der Waals surface area contributed by atoms with Gasteiger partial charge in [-0.1, -0.05) is 11.2 Å². The van der Waals surface area contributed by atoms with Crippen LogP contribution in [0.1, 0.15) is 30.8 Å². The second-order valence-corrected chi connectivity index (χ2v) is 5.89. The van der Waals surface area contributed by atoms with Crippen molar-refractivity contribution < 1.29 is 23.2 Å². The smallest absolute Gasteiger partial charge is 0.238 e. The highest BCUT2D eigenvalue weighted by Gasteiger charge is 2.15. The van der Waals surface area contributed by atoms with Crippen molar-refractivity contribution in [3.05, 3.63) is 48.0 Å². The monoisotopic (exact) mass is 371 g/mol. The highest BCUT2D eigenvalue weighted by Crippen LogP contribution is 2.29. The number of benzene rings is 1.